The van der Waals surface area contributed by atoms with E-state index in [9.17, 15) is 13.6 Å². The predicted molar refractivity (Wildman–Crippen MR) is 89.4 cm³/mol. The van der Waals surface area contributed by atoms with E-state index in [-0.39, 0.29) is 11.2 Å². The summed E-state index contributed by atoms with van der Waals surface area (Å²) in [5, 5.41) is 0. The molecule has 0 aromatic heterocycles. The van der Waals surface area contributed by atoms with Crippen molar-refractivity contribution < 1.29 is 18.3 Å². The number of hydrogen-bond acceptors (Lipinski definition) is 3. The van der Waals surface area contributed by atoms with Crippen LogP contribution in [0, 0.1) is 0 Å². The van der Waals surface area contributed by atoms with E-state index < -0.39 is 17.0 Å². The number of benzene rings is 1. The van der Waals surface area contributed by atoms with E-state index in [0.717, 1.165) is 36.8 Å². The topological polar surface area (TPSA) is 63.6 Å². The van der Waals surface area contributed by atoms with E-state index in [0.29, 0.717) is 5.56 Å². The van der Waals surface area contributed by atoms with Crippen LogP contribution in [-0.2, 0) is 27.0 Å². The van der Waals surface area contributed by atoms with Crippen molar-refractivity contribution in [1.29, 1.82) is 0 Å². The van der Waals surface area contributed by atoms with Crippen LogP contribution in [0.25, 0.3) is 0 Å². The molecule has 0 heterocycles. The molecule has 2 unspecified atom stereocenters. The van der Waals surface area contributed by atoms with Gasteiger partial charge in [-0.25, -0.2) is 9.00 Å². The van der Waals surface area contributed by atoms with Crippen molar-refractivity contribution in [3.8, 4) is 0 Å². The number of hydrogen-bond donors (Lipinski definition) is 1. The smallest absolute Gasteiger partial charge is 0.337 e. The van der Waals surface area contributed by atoms with Gasteiger partial charge in [0.2, 0.25) is 0 Å². The molecule has 0 aliphatic carbocycles. The summed E-state index contributed by atoms with van der Waals surface area (Å²) >= 11 is -1.94. The van der Waals surface area contributed by atoms with Gasteiger partial charge in [-0.2, -0.15) is 0 Å². The van der Waals surface area contributed by atoms with Crippen LogP contribution in [0.5, 0.6) is 0 Å². The van der Waals surface area contributed by atoms with Crippen molar-refractivity contribution >= 4 is 17.0 Å². The fourth-order valence-electron chi connectivity index (χ4n) is 2.75. The maximum Gasteiger partial charge on any atom is 0.337 e. The molecule has 0 aliphatic heterocycles. The molecule has 0 radical (unpaired) electrons. The summed E-state index contributed by atoms with van der Waals surface area (Å²) in [7, 11) is 1.33. The van der Waals surface area contributed by atoms with Gasteiger partial charge in [-0.15, -0.1) is 0 Å². The van der Waals surface area contributed by atoms with Gasteiger partial charge in [0, 0.05) is 0 Å². The summed E-state index contributed by atoms with van der Waals surface area (Å²) in [6.45, 7) is 6.46. The maximum atomic E-state index is 11.7. The molecule has 2 atom stereocenters. The Bertz CT molecular complexity index is 541. The Hall–Kier alpha value is -1.20. The van der Waals surface area contributed by atoms with Gasteiger partial charge in [0.05, 0.1) is 18.4 Å². The number of ether oxygens (including phenoxy) is 1. The van der Waals surface area contributed by atoms with E-state index in [1.807, 2.05) is 6.07 Å². The number of rotatable bonds is 8. The second kappa shape index (κ2) is 8.44. The minimum Gasteiger partial charge on any atom is -0.465 e. The Labute approximate surface area is 135 Å². The first kappa shape index (κ1) is 18.8. The number of methoxy groups -OCH3 is 1. The minimum atomic E-state index is -1.94. The lowest BCUT2D eigenvalue weighted by molar-refractivity contribution is 0.0600. The highest BCUT2D eigenvalue weighted by atomic mass is 32.2. The number of esters is 1. The third-order valence-corrected chi connectivity index (χ3v) is 4.88. The molecule has 5 heteroatoms. The zero-order valence-electron chi connectivity index (χ0n) is 13.8. The molecule has 0 bridgehead atoms. The summed E-state index contributed by atoms with van der Waals surface area (Å²) in [5.41, 5.74) is 2.17. The first-order valence-electron chi connectivity index (χ1n) is 7.67. The molecule has 22 heavy (non-hydrogen) atoms. The molecule has 0 aliphatic rings. The fraction of sp³-hybridized carbons (Fsp3) is 0.588. The summed E-state index contributed by atoms with van der Waals surface area (Å²) < 4.78 is 25.3. The summed E-state index contributed by atoms with van der Waals surface area (Å²) in [6, 6.07) is 5.34. The van der Waals surface area contributed by atoms with Crippen LogP contribution in [0.15, 0.2) is 18.2 Å². The Morgan fingerprint density at radius 1 is 1.36 bits per heavy atom. The second-order valence-electron chi connectivity index (χ2n) is 5.85. The fourth-order valence-corrected chi connectivity index (χ4v) is 3.25. The zero-order chi connectivity index (χ0) is 16.8. The van der Waals surface area contributed by atoms with E-state index in [1.165, 1.54) is 7.11 Å². The predicted octanol–water partition coefficient (Wildman–Crippen LogP) is 4.05. The van der Waals surface area contributed by atoms with Gasteiger partial charge in [0.25, 0.3) is 0 Å². The number of unbranched alkanes of at least 4 members (excludes halogenated alkanes) is 1. The molecule has 0 saturated carbocycles. The third-order valence-electron chi connectivity index (χ3n) is 4.32. The minimum absolute atomic E-state index is 0.0296. The molecule has 0 amide bonds. The Morgan fingerprint density at radius 2 is 2.05 bits per heavy atom. The third kappa shape index (κ3) is 4.65. The van der Waals surface area contributed by atoms with Gasteiger partial charge in [-0.3, -0.25) is 0 Å². The van der Waals surface area contributed by atoms with Crippen molar-refractivity contribution in [2.45, 2.75) is 57.6 Å². The van der Waals surface area contributed by atoms with Crippen molar-refractivity contribution in [1.82, 2.24) is 0 Å². The van der Waals surface area contributed by atoms with Gasteiger partial charge in [0.1, 0.15) is 0 Å². The molecule has 0 fully saturated rings. The molecular formula is C17H26O4S. The first-order valence-corrected chi connectivity index (χ1v) is 8.94. The van der Waals surface area contributed by atoms with E-state index in [4.69, 9.17) is 4.74 Å². The standard InChI is InChI=1S/C17H26O4S/c1-5-7-10-17(3,6-2)15-9-8-13(16(18)21-4)11-14(15)12-22(19)20/h8-9,11H,5-7,10,12H2,1-4H3,(H,19,20). The molecule has 1 aromatic carbocycles. The zero-order valence-corrected chi connectivity index (χ0v) is 14.7. The van der Waals surface area contributed by atoms with Crippen LogP contribution in [0.2, 0.25) is 0 Å². The van der Waals surface area contributed by atoms with Crippen molar-refractivity contribution in [2.75, 3.05) is 7.11 Å². The van der Waals surface area contributed by atoms with Crippen LogP contribution in [0.1, 0.15) is 67.9 Å². The number of carbonyl (C=O) groups excluding carboxylic acids is 1. The lowest BCUT2D eigenvalue weighted by Crippen LogP contribution is -2.23. The van der Waals surface area contributed by atoms with Crippen molar-refractivity contribution in [2.24, 2.45) is 0 Å². The first-order chi connectivity index (χ1) is 10.4. The average Bonchev–Trinajstić information content (AvgIpc) is 2.51. The second-order valence-corrected chi connectivity index (χ2v) is 6.78. The van der Waals surface area contributed by atoms with E-state index in [2.05, 4.69) is 20.8 Å². The SMILES string of the molecule is CCCCC(C)(CC)c1ccc(C(=O)OC)cc1CS(=O)O. The van der Waals surface area contributed by atoms with Crippen LogP contribution in [0.4, 0.5) is 0 Å². The van der Waals surface area contributed by atoms with E-state index in [1.54, 1.807) is 12.1 Å². The molecule has 0 saturated heterocycles. The summed E-state index contributed by atoms with van der Waals surface area (Å²) in [6.07, 6.45) is 4.17. The Balaban J connectivity index is 3.31. The summed E-state index contributed by atoms with van der Waals surface area (Å²) in [4.78, 5) is 11.7. The highest BCUT2D eigenvalue weighted by Gasteiger charge is 2.27. The Kier molecular flexibility index (Phi) is 7.23. The average molecular weight is 326 g/mol. The summed E-state index contributed by atoms with van der Waals surface area (Å²) in [5.74, 6) is -0.398. The lowest BCUT2D eigenvalue weighted by Gasteiger charge is -2.31. The highest BCUT2D eigenvalue weighted by Crippen LogP contribution is 2.36. The van der Waals surface area contributed by atoms with Crippen LogP contribution >= 0.6 is 0 Å². The molecule has 1 N–H and O–H groups in total. The van der Waals surface area contributed by atoms with E-state index >= 15 is 0 Å². The van der Waals surface area contributed by atoms with Crippen molar-refractivity contribution in [3.05, 3.63) is 34.9 Å². The van der Waals surface area contributed by atoms with Gasteiger partial charge in [-0.05, 0) is 41.5 Å². The Morgan fingerprint density at radius 3 is 2.55 bits per heavy atom. The monoisotopic (exact) mass is 326 g/mol. The van der Waals surface area contributed by atoms with Gasteiger partial charge >= 0.3 is 5.97 Å². The molecular weight excluding hydrogens is 300 g/mol. The lowest BCUT2D eigenvalue weighted by atomic mass is 9.74. The maximum absolute atomic E-state index is 11.7. The highest BCUT2D eigenvalue weighted by molar-refractivity contribution is 7.78. The molecule has 124 valence electrons. The molecule has 1 rings (SSSR count). The molecule has 4 nitrogen and oxygen atoms in total. The van der Waals surface area contributed by atoms with Crippen LogP contribution < -0.4 is 0 Å². The molecule has 0 spiro atoms. The van der Waals surface area contributed by atoms with Crippen LogP contribution in [-0.4, -0.2) is 21.8 Å². The quantitative estimate of drug-likeness (QED) is 0.578. The number of carbonyl (C=O) groups is 1. The van der Waals surface area contributed by atoms with Gasteiger partial charge in [0.15, 0.2) is 11.1 Å². The largest absolute Gasteiger partial charge is 0.465 e. The van der Waals surface area contributed by atoms with Gasteiger partial charge < -0.3 is 9.29 Å². The van der Waals surface area contributed by atoms with Crippen molar-refractivity contribution in [3.63, 3.8) is 0 Å². The normalized spacial score (nSPS) is 15.1. The van der Waals surface area contributed by atoms with Gasteiger partial charge in [-0.1, -0.05) is 39.7 Å². The van der Waals surface area contributed by atoms with Crippen LogP contribution in [0.3, 0.4) is 0 Å². The molecule has 1 aromatic rings.